The molecule has 0 radical (unpaired) electrons. The lowest BCUT2D eigenvalue weighted by molar-refractivity contribution is 0.0266. The zero-order valence-corrected chi connectivity index (χ0v) is 9.69. The number of likely N-dealkylation sites (tertiary alicyclic amines) is 1. The molecule has 1 rings (SSSR count). The van der Waals surface area contributed by atoms with E-state index in [9.17, 15) is 5.11 Å². The monoisotopic (exact) mass is 216 g/mol. The highest BCUT2D eigenvalue weighted by atomic mass is 16.5. The average Bonchev–Trinajstić information content (AvgIpc) is 2.19. The first-order valence-corrected chi connectivity index (χ1v) is 5.85. The minimum absolute atomic E-state index is 0.355. The second-order valence-electron chi connectivity index (χ2n) is 4.45. The van der Waals surface area contributed by atoms with Gasteiger partial charge in [-0.05, 0) is 38.3 Å². The van der Waals surface area contributed by atoms with Crippen LogP contribution in [0.25, 0.3) is 0 Å². The molecule has 90 valence electrons. The number of rotatable bonds is 6. The molecule has 1 aliphatic rings. The maximum atomic E-state index is 9.63. The van der Waals surface area contributed by atoms with Gasteiger partial charge in [-0.25, -0.2) is 0 Å². The minimum atomic E-state index is -0.355. The molecule has 0 aromatic heterocycles. The third-order valence-electron chi connectivity index (χ3n) is 3.01. The Morgan fingerprint density at radius 1 is 1.60 bits per heavy atom. The Morgan fingerprint density at radius 3 is 3.07 bits per heavy atom. The van der Waals surface area contributed by atoms with E-state index in [1.807, 2.05) is 0 Å². The van der Waals surface area contributed by atoms with E-state index in [4.69, 9.17) is 10.5 Å². The molecule has 0 saturated carbocycles. The summed E-state index contributed by atoms with van der Waals surface area (Å²) in [6, 6.07) is 0. The summed E-state index contributed by atoms with van der Waals surface area (Å²) in [5.74, 6) is 0.721. The van der Waals surface area contributed by atoms with E-state index in [2.05, 4.69) is 4.90 Å². The van der Waals surface area contributed by atoms with Crippen LogP contribution in [0.4, 0.5) is 0 Å². The van der Waals surface area contributed by atoms with Crippen LogP contribution in [-0.4, -0.2) is 56.0 Å². The van der Waals surface area contributed by atoms with E-state index in [0.29, 0.717) is 6.61 Å². The standard InChI is InChI=1S/C11H24N2O2/c1-15-9-11(14)8-13-6-2-3-10(7-13)4-5-12/h10-11,14H,2-9,12H2,1H3. The fraction of sp³-hybridized carbons (Fsp3) is 1.00. The second-order valence-corrected chi connectivity index (χ2v) is 4.45. The van der Waals surface area contributed by atoms with Crippen LogP contribution in [0.5, 0.6) is 0 Å². The molecule has 2 atom stereocenters. The van der Waals surface area contributed by atoms with Crippen molar-refractivity contribution in [1.29, 1.82) is 0 Å². The molecule has 3 N–H and O–H groups in total. The van der Waals surface area contributed by atoms with E-state index in [1.54, 1.807) is 7.11 Å². The van der Waals surface area contributed by atoms with E-state index in [0.717, 1.165) is 38.5 Å². The molecule has 0 aromatic rings. The number of aliphatic hydroxyl groups is 1. The molecule has 0 spiro atoms. The molecule has 0 aliphatic carbocycles. The fourth-order valence-electron chi connectivity index (χ4n) is 2.33. The highest BCUT2D eigenvalue weighted by Gasteiger charge is 2.20. The number of β-amino-alcohol motifs (C(OH)–C–C–N with tert-alkyl or cyclic N) is 1. The quantitative estimate of drug-likeness (QED) is 0.659. The summed E-state index contributed by atoms with van der Waals surface area (Å²) < 4.78 is 4.92. The van der Waals surface area contributed by atoms with Gasteiger partial charge in [-0.1, -0.05) is 0 Å². The van der Waals surface area contributed by atoms with Crippen molar-refractivity contribution in [3.8, 4) is 0 Å². The summed E-state index contributed by atoms with van der Waals surface area (Å²) in [7, 11) is 1.62. The van der Waals surface area contributed by atoms with Gasteiger partial charge in [0.15, 0.2) is 0 Å². The maximum absolute atomic E-state index is 9.63. The molecule has 1 fully saturated rings. The maximum Gasteiger partial charge on any atom is 0.0900 e. The predicted molar refractivity (Wildman–Crippen MR) is 60.7 cm³/mol. The van der Waals surface area contributed by atoms with Crippen LogP contribution in [0.15, 0.2) is 0 Å². The van der Waals surface area contributed by atoms with Crippen molar-refractivity contribution in [2.45, 2.75) is 25.4 Å². The van der Waals surface area contributed by atoms with Gasteiger partial charge < -0.3 is 20.5 Å². The van der Waals surface area contributed by atoms with Crippen LogP contribution < -0.4 is 5.73 Å². The van der Waals surface area contributed by atoms with Crippen LogP contribution in [0.2, 0.25) is 0 Å². The molecule has 0 aromatic carbocycles. The smallest absolute Gasteiger partial charge is 0.0900 e. The largest absolute Gasteiger partial charge is 0.389 e. The third kappa shape index (κ3) is 4.93. The first kappa shape index (κ1) is 12.9. The number of hydrogen-bond acceptors (Lipinski definition) is 4. The van der Waals surface area contributed by atoms with Crippen LogP contribution in [-0.2, 0) is 4.74 Å². The number of methoxy groups -OCH3 is 1. The van der Waals surface area contributed by atoms with Crippen LogP contribution >= 0.6 is 0 Å². The van der Waals surface area contributed by atoms with Gasteiger partial charge in [0, 0.05) is 20.2 Å². The number of aliphatic hydroxyl groups excluding tert-OH is 1. The van der Waals surface area contributed by atoms with Gasteiger partial charge in [-0.3, -0.25) is 0 Å². The Balaban J connectivity index is 2.23. The molecule has 0 amide bonds. The van der Waals surface area contributed by atoms with Crippen molar-refractivity contribution in [2.75, 3.05) is 39.9 Å². The number of ether oxygens (including phenoxy) is 1. The van der Waals surface area contributed by atoms with Gasteiger partial charge >= 0.3 is 0 Å². The minimum Gasteiger partial charge on any atom is -0.389 e. The lowest BCUT2D eigenvalue weighted by Crippen LogP contribution is -2.41. The Bertz CT molecular complexity index is 163. The third-order valence-corrected chi connectivity index (χ3v) is 3.01. The van der Waals surface area contributed by atoms with Crippen molar-refractivity contribution in [3.05, 3.63) is 0 Å². The van der Waals surface area contributed by atoms with Gasteiger partial charge in [0.1, 0.15) is 0 Å². The molecular formula is C11H24N2O2. The van der Waals surface area contributed by atoms with E-state index in [-0.39, 0.29) is 6.10 Å². The highest BCUT2D eigenvalue weighted by Crippen LogP contribution is 2.18. The number of nitrogens with two attached hydrogens (primary N) is 1. The Kier molecular flexibility index (Phi) is 6.17. The molecular weight excluding hydrogens is 192 g/mol. The molecule has 1 aliphatic heterocycles. The number of hydrogen-bond donors (Lipinski definition) is 2. The molecule has 15 heavy (non-hydrogen) atoms. The zero-order valence-electron chi connectivity index (χ0n) is 9.69. The summed E-state index contributed by atoms with van der Waals surface area (Å²) in [6.45, 7) is 4.12. The van der Waals surface area contributed by atoms with Crippen molar-refractivity contribution in [2.24, 2.45) is 11.7 Å². The Morgan fingerprint density at radius 2 is 2.40 bits per heavy atom. The van der Waals surface area contributed by atoms with E-state index >= 15 is 0 Å². The number of piperidine rings is 1. The van der Waals surface area contributed by atoms with Gasteiger partial charge in [0.2, 0.25) is 0 Å². The second kappa shape index (κ2) is 7.17. The van der Waals surface area contributed by atoms with Crippen molar-refractivity contribution in [3.63, 3.8) is 0 Å². The lowest BCUT2D eigenvalue weighted by atomic mass is 9.95. The fourth-order valence-corrected chi connectivity index (χ4v) is 2.33. The van der Waals surface area contributed by atoms with Crippen molar-refractivity contribution >= 4 is 0 Å². The van der Waals surface area contributed by atoms with E-state index < -0.39 is 0 Å². The van der Waals surface area contributed by atoms with Gasteiger partial charge in [0.25, 0.3) is 0 Å². The lowest BCUT2D eigenvalue weighted by Gasteiger charge is -2.33. The normalized spacial score (nSPS) is 25.4. The first-order valence-electron chi connectivity index (χ1n) is 5.85. The molecule has 1 heterocycles. The highest BCUT2D eigenvalue weighted by molar-refractivity contribution is 4.75. The average molecular weight is 216 g/mol. The van der Waals surface area contributed by atoms with Crippen LogP contribution in [0, 0.1) is 5.92 Å². The Labute approximate surface area is 92.4 Å². The number of nitrogens with zero attached hydrogens (tertiary/aromatic N) is 1. The summed E-state index contributed by atoms with van der Waals surface area (Å²) in [5, 5.41) is 9.63. The predicted octanol–water partition coefficient (Wildman–Crippen LogP) is 0.0545. The molecule has 2 unspecified atom stereocenters. The molecule has 4 nitrogen and oxygen atoms in total. The Hall–Kier alpha value is -0.160. The molecule has 0 bridgehead atoms. The van der Waals surface area contributed by atoms with Gasteiger partial charge in [-0.15, -0.1) is 0 Å². The van der Waals surface area contributed by atoms with Crippen LogP contribution in [0.1, 0.15) is 19.3 Å². The van der Waals surface area contributed by atoms with Gasteiger partial charge in [-0.2, -0.15) is 0 Å². The summed E-state index contributed by atoms with van der Waals surface area (Å²) >= 11 is 0. The van der Waals surface area contributed by atoms with Crippen molar-refractivity contribution < 1.29 is 9.84 Å². The molecule has 4 heteroatoms. The van der Waals surface area contributed by atoms with Crippen molar-refractivity contribution in [1.82, 2.24) is 4.90 Å². The van der Waals surface area contributed by atoms with Gasteiger partial charge in [0.05, 0.1) is 12.7 Å². The van der Waals surface area contributed by atoms with E-state index in [1.165, 1.54) is 12.8 Å². The summed E-state index contributed by atoms with van der Waals surface area (Å²) in [6.07, 6.45) is 3.27. The zero-order chi connectivity index (χ0) is 11.1. The first-order chi connectivity index (χ1) is 7.26. The summed E-state index contributed by atoms with van der Waals surface area (Å²) in [5.41, 5.74) is 5.57. The SMILES string of the molecule is COCC(O)CN1CCCC(CCN)C1. The van der Waals surface area contributed by atoms with Crippen LogP contribution in [0.3, 0.4) is 0 Å². The summed E-state index contributed by atoms with van der Waals surface area (Å²) in [4.78, 5) is 2.33. The topological polar surface area (TPSA) is 58.7 Å². The molecule has 1 saturated heterocycles.